The van der Waals surface area contributed by atoms with Gasteiger partial charge in [0.15, 0.2) is 0 Å². The lowest BCUT2D eigenvalue weighted by atomic mass is 10.2. The Kier molecular flexibility index (Phi) is 4.02. The zero-order valence-corrected chi connectivity index (χ0v) is 12.0. The molecule has 0 radical (unpaired) electrons. The summed E-state index contributed by atoms with van der Waals surface area (Å²) in [5.74, 6) is -1.24. The zero-order valence-electron chi connectivity index (χ0n) is 12.0. The quantitative estimate of drug-likeness (QED) is 0.741. The first-order valence-corrected chi connectivity index (χ1v) is 6.86. The largest absolute Gasteiger partial charge is 0.276 e. The Labute approximate surface area is 131 Å². The maximum atomic E-state index is 13.4. The van der Waals surface area contributed by atoms with Crippen LogP contribution in [0.25, 0.3) is 0 Å². The Morgan fingerprint density at radius 2 is 1.78 bits per heavy atom. The number of halogens is 2. The summed E-state index contributed by atoms with van der Waals surface area (Å²) in [7, 11) is 0. The monoisotopic (exact) mass is 310 g/mol. The van der Waals surface area contributed by atoms with Gasteiger partial charge in [0.2, 0.25) is 0 Å². The third kappa shape index (κ3) is 3.35. The van der Waals surface area contributed by atoms with Crippen molar-refractivity contribution in [2.24, 2.45) is 0 Å². The third-order valence-corrected chi connectivity index (χ3v) is 3.32. The summed E-state index contributed by atoms with van der Waals surface area (Å²) in [5, 5.41) is 10.7. The Morgan fingerprint density at radius 3 is 2.35 bits per heavy atom. The molecule has 0 unspecified atom stereocenters. The second kappa shape index (κ2) is 6.28. The van der Waals surface area contributed by atoms with Crippen LogP contribution in [0.4, 0.5) is 14.5 Å². The summed E-state index contributed by atoms with van der Waals surface area (Å²) in [5.41, 5.74) is 1.79. The minimum atomic E-state index is -0.620. The van der Waals surface area contributed by atoms with E-state index in [9.17, 15) is 8.78 Å². The fourth-order valence-corrected chi connectivity index (χ4v) is 2.28. The first kappa shape index (κ1) is 14.7. The molecule has 0 N–H and O–H groups in total. The van der Waals surface area contributed by atoms with Crippen LogP contribution in [0.5, 0.6) is 0 Å². The average molecular weight is 310 g/mol. The van der Waals surface area contributed by atoms with E-state index in [1.807, 2.05) is 0 Å². The second-order valence-corrected chi connectivity index (χ2v) is 4.94. The molecule has 0 aliphatic heterocycles. The normalized spacial score (nSPS) is 10.3. The molecule has 6 heteroatoms. The van der Waals surface area contributed by atoms with Crippen LogP contribution in [0.3, 0.4) is 0 Å². The van der Waals surface area contributed by atoms with E-state index in [-0.39, 0.29) is 6.54 Å². The van der Waals surface area contributed by atoms with Gasteiger partial charge >= 0.3 is 0 Å². The molecule has 1 aromatic heterocycles. The van der Waals surface area contributed by atoms with Crippen LogP contribution in [0.15, 0.2) is 61.2 Å². The highest BCUT2D eigenvalue weighted by molar-refractivity contribution is 5.49. The van der Waals surface area contributed by atoms with Crippen LogP contribution in [-0.4, -0.2) is 9.66 Å². The van der Waals surface area contributed by atoms with Gasteiger partial charge in [-0.25, -0.2) is 18.4 Å². The molecule has 0 fully saturated rings. The maximum Gasteiger partial charge on any atom is 0.126 e. The van der Waals surface area contributed by atoms with E-state index in [0.717, 1.165) is 11.8 Å². The molecule has 0 aliphatic carbocycles. The van der Waals surface area contributed by atoms with Crippen molar-refractivity contribution in [3.63, 3.8) is 0 Å². The van der Waals surface area contributed by atoms with Crippen LogP contribution in [0.2, 0.25) is 0 Å². The van der Waals surface area contributed by atoms with E-state index in [2.05, 4.69) is 11.1 Å². The number of hydrogen-bond donors (Lipinski definition) is 0. The lowest BCUT2D eigenvalue weighted by molar-refractivity contribution is 0.576. The number of imidazole rings is 1. The first-order valence-electron chi connectivity index (χ1n) is 6.86. The number of rotatable bonds is 4. The molecule has 23 heavy (non-hydrogen) atoms. The van der Waals surface area contributed by atoms with Crippen LogP contribution in [-0.2, 0) is 6.54 Å². The predicted molar refractivity (Wildman–Crippen MR) is 81.3 cm³/mol. The van der Waals surface area contributed by atoms with E-state index in [1.54, 1.807) is 52.7 Å². The van der Waals surface area contributed by atoms with Crippen molar-refractivity contribution >= 4 is 5.69 Å². The number of nitriles is 1. The van der Waals surface area contributed by atoms with Crippen molar-refractivity contribution in [1.82, 2.24) is 9.66 Å². The molecular weight excluding hydrogens is 298 g/mol. The molecule has 0 atom stereocenters. The van der Waals surface area contributed by atoms with Gasteiger partial charge in [-0.3, -0.25) is 5.01 Å². The van der Waals surface area contributed by atoms with Crippen molar-refractivity contribution in [3.8, 4) is 6.07 Å². The molecule has 114 valence electrons. The van der Waals surface area contributed by atoms with Gasteiger partial charge in [-0.1, -0.05) is 0 Å². The molecule has 3 rings (SSSR count). The third-order valence-electron chi connectivity index (χ3n) is 3.32. The number of hydrogen-bond acceptors (Lipinski definition) is 3. The van der Waals surface area contributed by atoms with Crippen molar-refractivity contribution < 1.29 is 8.78 Å². The molecule has 4 nitrogen and oxygen atoms in total. The van der Waals surface area contributed by atoms with Crippen LogP contribution in [0, 0.1) is 23.0 Å². The standard InChI is InChI=1S/C17H12F2N4/c18-15-7-14(8-16(19)9-15)11-23(22-6-5-21-12-22)17-3-1-13(10-20)2-4-17/h1-9,12H,11H2. The van der Waals surface area contributed by atoms with Crippen molar-refractivity contribution in [2.45, 2.75) is 6.54 Å². The number of anilines is 1. The molecule has 2 aromatic carbocycles. The first-order chi connectivity index (χ1) is 11.2. The smallest absolute Gasteiger partial charge is 0.126 e. The summed E-state index contributed by atoms with van der Waals surface area (Å²) in [6.45, 7) is 0.247. The highest BCUT2D eigenvalue weighted by Gasteiger charge is 2.11. The van der Waals surface area contributed by atoms with E-state index in [0.29, 0.717) is 11.1 Å². The molecular formula is C17H12F2N4. The summed E-state index contributed by atoms with van der Waals surface area (Å²) < 4.78 is 28.5. The lowest BCUT2D eigenvalue weighted by Crippen LogP contribution is -2.27. The number of aromatic nitrogens is 2. The Balaban J connectivity index is 1.97. The zero-order chi connectivity index (χ0) is 16.2. The van der Waals surface area contributed by atoms with Crippen molar-refractivity contribution in [1.29, 1.82) is 5.26 Å². The molecule has 0 saturated carbocycles. The van der Waals surface area contributed by atoms with Crippen LogP contribution < -0.4 is 5.01 Å². The Hall–Kier alpha value is -3.20. The van der Waals surface area contributed by atoms with Gasteiger partial charge in [0, 0.05) is 18.5 Å². The van der Waals surface area contributed by atoms with E-state index >= 15 is 0 Å². The topological polar surface area (TPSA) is 44.9 Å². The molecule has 1 heterocycles. The SMILES string of the molecule is N#Cc1ccc(N(Cc2cc(F)cc(F)c2)n2ccnc2)cc1. The predicted octanol–water partition coefficient (Wildman–Crippen LogP) is 3.50. The van der Waals surface area contributed by atoms with E-state index < -0.39 is 11.6 Å². The van der Waals surface area contributed by atoms with Gasteiger partial charge in [-0.05, 0) is 42.0 Å². The van der Waals surface area contributed by atoms with Crippen LogP contribution in [0.1, 0.15) is 11.1 Å². The molecule has 0 aliphatic rings. The highest BCUT2D eigenvalue weighted by atomic mass is 19.1. The fourth-order valence-electron chi connectivity index (χ4n) is 2.28. The Morgan fingerprint density at radius 1 is 1.09 bits per heavy atom. The molecule has 0 saturated heterocycles. The van der Waals surface area contributed by atoms with Gasteiger partial charge < -0.3 is 0 Å². The minimum Gasteiger partial charge on any atom is -0.276 e. The fraction of sp³-hybridized carbons (Fsp3) is 0.0588. The second-order valence-electron chi connectivity index (χ2n) is 4.94. The van der Waals surface area contributed by atoms with Gasteiger partial charge in [0.1, 0.15) is 18.0 Å². The lowest BCUT2D eigenvalue weighted by Gasteiger charge is -2.25. The van der Waals surface area contributed by atoms with Crippen molar-refractivity contribution in [2.75, 3.05) is 5.01 Å². The maximum absolute atomic E-state index is 13.4. The van der Waals surface area contributed by atoms with Gasteiger partial charge in [-0.2, -0.15) is 5.26 Å². The van der Waals surface area contributed by atoms with Crippen molar-refractivity contribution in [3.05, 3.63) is 83.9 Å². The van der Waals surface area contributed by atoms with Gasteiger partial charge in [0.25, 0.3) is 0 Å². The number of nitrogens with zero attached hydrogens (tertiary/aromatic N) is 4. The Bertz CT molecular complexity index is 816. The molecule has 0 spiro atoms. The van der Waals surface area contributed by atoms with E-state index in [1.165, 1.54) is 12.1 Å². The molecule has 0 bridgehead atoms. The molecule has 3 aromatic rings. The highest BCUT2D eigenvalue weighted by Crippen LogP contribution is 2.20. The average Bonchev–Trinajstić information content (AvgIpc) is 3.06. The molecule has 0 amide bonds. The summed E-state index contributed by atoms with van der Waals surface area (Å²) >= 11 is 0. The van der Waals surface area contributed by atoms with Gasteiger partial charge in [0.05, 0.1) is 23.9 Å². The minimum absolute atomic E-state index is 0.247. The van der Waals surface area contributed by atoms with E-state index in [4.69, 9.17) is 5.26 Å². The summed E-state index contributed by atoms with van der Waals surface area (Å²) in [6.07, 6.45) is 4.94. The number of benzene rings is 2. The summed E-state index contributed by atoms with van der Waals surface area (Å²) in [4.78, 5) is 4.00. The van der Waals surface area contributed by atoms with Gasteiger partial charge in [-0.15, -0.1) is 0 Å². The van der Waals surface area contributed by atoms with Crippen LogP contribution >= 0.6 is 0 Å². The summed E-state index contributed by atoms with van der Waals surface area (Å²) in [6, 6.07) is 12.4.